The lowest BCUT2D eigenvalue weighted by Crippen LogP contribution is -2.14. The van der Waals surface area contributed by atoms with Crippen molar-refractivity contribution in [1.82, 2.24) is 0 Å². The van der Waals surface area contributed by atoms with Gasteiger partial charge in [-0.25, -0.2) is 4.79 Å². The van der Waals surface area contributed by atoms with Gasteiger partial charge < -0.3 is 10.4 Å². The number of benzene rings is 2. The molecule has 2 aromatic rings. The lowest BCUT2D eigenvalue weighted by molar-refractivity contribution is 0.0695. The largest absolute Gasteiger partial charge is 0.478 e. The molecule has 0 saturated heterocycles. The average Bonchev–Trinajstić information content (AvgIpc) is 2.43. The molecule has 0 aliphatic heterocycles. The first-order valence-electron chi connectivity index (χ1n) is 6.00. The van der Waals surface area contributed by atoms with Gasteiger partial charge in [0.05, 0.1) is 21.2 Å². The average molecular weight is 324 g/mol. The van der Waals surface area contributed by atoms with Crippen molar-refractivity contribution in [3.63, 3.8) is 0 Å². The van der Waals surface area contributed by atoms with E-state index in [2.05, 4.69) is 5.32 Å². The van der Waals surface area contributed by atoms with E-state index in [0.29, 0.717) is 11.3 Å². The second-order valence-electron chi connectivity index (χ2n) is 4.34. The Kier molecular flexibility index (Phi) is 4.50. The van der Waals surface area contributed by atoms with Gasteiger partial charge in [0.15, 0.2) is 0 Å². The molecule has 0 radical (unpaired) electrons. The van der Waals surface area contributed by atoms with Crippen LogP contribution in [-0.2, 0) is 0 Å². The molecule has 2 aromatic carbocycles. The number of anilines is 1. The van der Waals surface area contributed by atoms with Gasteiger partial charge in [0.1, 0.15) is 0 Å². The summed E-state index contributed by atoms with van der Waals surface area (Å²) in [6, 6.07) is 9.39. The molecule has 0 bridgehead atoms. The predicted molar refractivity (Wildman–Crippen MR) is 82.6 cm³/mol. The molecular weight excluding hydrogens is 313 g/mol. The highest BCUT2D eigenvalue weighted by molar-refractivity contribution is 6.44. The highest BCUT2D eigenvalue weighted by Gasteiger charge is 2.15. The molecule has 0 fully saturated rings. The van der Waals surface area contributed by atoms with E-state index in [1.54, 1.807) is 37.3 Å². The lowest BCUT2D eigenvalue weighted by atomic mass is 10.1. The highest BCUT2D eigenvalue weighted by Crippen LogP contribution is 2.27. The summed E-state index contributed by atoms with van der Waals surface area (Å²) in [6.07, 6.45) is 0. The summed E-state index contributed by atoms with van der Waals surface area (Å²) in [7, 11) is 0. The number of rotatable bonds is 3. The number of halogens is 2. The maximum absolute atomic E-state index is 12.2. The molecule has 1 amide bonds. The fourth-order valence-electron chi connectivity index (χ4n) is 1.87. The van der Waals surface area contributed by atoms with Crippen molar-refractivity contribution in [3.05, 3.63) is 63.1 Å². The Balaban J connectivity index is 2.34. The van der Waals surface area contributed by atoms with Crippen LogP contribution in [0.15, 0.2) is 36.4 Å². The van der Waals surface area contributed by atoms with Gasteiger partial charge in [-0.1, -0.05) is 35.3 Å². The molecule has 21 heavy (non-hydrogen) atoms. The Morgan fingerprint density at radius 3 is 2.33 bits per heavy atom. The van der Waals surface area contributed by atoms with Crippen molar-refractivity contribution in [1.29, 1.82) is 0 Å². The van der Waals surface area contributed by atoms with Crippen molar-refractivity contribution >= 4 is 40.8 Å². The maximum atomic E-state index is 12.2. The van der Waals surface area contributed by atoms with Crippen molar-refractivity contribution in [3.8, 4) is 0 Å². The fourth-order valence-corrected chi connectivity index (χ4v) is 2.26. The number of carboxylic acid groups (broad SMARTS) is 1. The van der Waals surface area contributed by atoms with E-state index in [1.165, 1.54) is 6.07 Å². The number of nitrogens with one attached hydrogen (secondary N) is 1. The number of hydrogen-bond acceptors (Lipinski definition) is 2. The summed E-state index contributed by atoms with van der Waals surface area (Å²) in [6.45, 7) is 1.62. The van der Waals surface area contributed by atoms with Crippen molar-refractivity contribution in [2.45, 2.75) is 6.92 Å². The summed E-state index contributed by atoms with van der Waals surface area (Å²) in [5.74, 6) is -1.50. The Labute approximate surface area is 131 Å². The van der Waals surface area contributed by atoms with Gasteiger partial charge in [-0.2, -0.15) is 0 Å². The maximum Gasteiger partial charge on any atom is 0.336 e. The van der Waals surface area contributed by atoms with Crippen LogP contribution in [0, 0.1) is 6.92 Å². The summed E-state index contributed by atoms with van der Waals surface area (Å²) >= 11 is 11.9. The number of hydrogen-bond donors (Lipinski definition) is 2. The van der Waals surface area contributed by atoms with E-state index < -0.39 is 11.9 Å². The van der Waals surface area contributed by atoms with E-state index in [0.717, 1.165) is 0 Å². The first-order valence-corrected chi connectivity index (χ1v) is 6.75. The third kappa shape index (κ3) is 3.17. The molecule has 4 nitrogen and oxygen atoms in total. The Bertz CT molecular complexity index is 729. The number of carboxylic acids is 1. The van der Waals surface area contributed by atoms with Crippen LogP contribution in [0.3, 0.4) is 0 Å². The Hall–Kier alpha value is -2.04. The topological polar surface area (TPSA) is 66.4 Å². The van der Waals surface area contributed by atoms with Crippen LogP contribution >= 0.6 is 23.2 Å². The molecule has 0 aromatic heterocycles. The van der Waals surface area contributed by atoms with Gasteiger partial charge in [-0.05, 0) is 36.8 Å². The second-order valence-corrected chi connectivity index (χ2v) is 5.12. The van der Waals surface area contributed by atoms with Gasteiger partial charge in [0.25, 0.3) is 5.91 Å². The summed E-state index contributed by atoms with van der Waals surface area (Å²) < 4.78 is 0. The SMILES string of the molecule is Cc1c(NC(=O)c2cccc(Cl)c2Cl)cccc1C(=O)O. The van der Waals surface area contributed by atoms with Crippen LogP contribution in [0.25, 0.3) is 0 Å². The van der Waals surface area contributed by atoms with Crippen molar-refractivity contribution < 1.29 is 14.7 Å². The monoisotopic (exact) mass is 323 g/mol. The summed E-state index contributed by atoms with van der Waals surface area (Å²) in [5.41, 5.74) is 1.24. The van der Waals surface area contributed by atoms with Crippen LogP contribution < -0.4 is 5.32 Å². The highest BCUT2D eigenvalue weighted by atomic mass is 35.5. The van der Waals surface area contributed by atoms with E-state index in [-0.39, 0.29) is 21.2 Å². The van der Waals surface area contributed by atoms with Gasteiger partial charge in [0.2, 0.25) is 0 Å². The zero-order valence-electron chi connectivity index (χ0n) is 11.0. The van der Waals surface area contributed by atoms with Crippen LogP contribution in [-0.4, -0.2) is 17.0 Å². The zero-order valence-corrected chi connectivity index (χ0v) is 12.5. The molecule has 0 spiro atoms. The number of aromatic carboxylic acids is 1. The second kappa shape index (κ2) is 6.16. The number of carbonyl (C=O) groups is 2. The zero-order chi connectivity index (χ0) is 15.6. The molecule has 0 aliphatic carbocycles. The standard InChI is InChI=1S/C15H11Cl2NO3/c1-8-9(15(20)21)4-3-7-12(8)18-14(19)10-5-2-6-11(16)13(10)17/h2-7H,1H3,(H,18,19)(H,20,21). The van der Waals surface area contributed by atoms with Crippen molar-refractivity contribution in [2.24, 2.45) is 0 Å². The molecule has 2 rings (SSSR count). The van der Waals surface area contributed by atoms with E-state index >= 15 is 0 Å². The first-order chi connectivity index (χ1) is 9.91. The molecule has 0 heterocycles. The third-order valence-electron chi connectivity index (χ3n) is 3.01. The van der Waals surface area contributed by atoms with E-state index in [1.807, 2.05) is 0 Å². The smallest absolute Gasteiger partial charge is 0.336 e. The third-order valence-corrected chi connectivity index (χ3v) is 3.83. The van der Waals surface area contributed by atoms with Crippen LogP contribution in [0.4, 0.5) is 5.69 Å². The molecule has 108 valence electrons. The molecular formula is C15H11Cl2NO3. The van der Waals surface area contributed by atoms with Gasteiger partial charge in [-0.3, -0.25) is 4.79 Å². The van der Waals surface area contributed by atoms with Crippen LogP contribution in [0.1, 0.15) is 26.3 Å². The fraction of sp³-hybridized carbons (Fsp3) is 0.0667. The quantitative estimate of drug-likeness (QED) is 0.887. The van der Waals surface area contributed by atoms with Crippen LogP contribution in [0.5, 0.6) is 0 Å². The molecule has 0 unspecified atom stereocenters. The lowest BCUT2D eigenvalue weighted by Gasteiger charge is -2.11. The molecule has 0 aliphatic rings. The number of carbonyl (C=O) groups excluding carboxylic acids is 1. The van der Waals surface area contributed by atoms with Gasteiger partial charge in [0, 0.05) is 5.69 Å². The van der Waals surface area contributed by atoms with E-state index in [4.69, 9.17) is 28.3 Å². The minimum Gasteiger partial charge on any atom is -0.478 e. The first kappa shape index (κ1) is 15.4. The van der Waals surface area contributed by atoms with Gasteiger partial charge >= 0.3 is 5.97 Å². The summed E-state index contributed by atoms with van der Waals surface area (Å²) in [4.78, 5) is 23.3. The molecule has 6 heteroatoms. The normalized spacial score (nSPS) is 10.2. The van der Waals surface area contributed by atoms with E-state index in [9.17, 15) is 9.59 Å². The Morgan fingerprint density at radius 2 is 1.67 bits per heavy atom. The molecule has 2 N–H and O–H groups in total. The molecule has 0 atom stereocenters. The van der Waals surface area contributed by atoms with Gasteiger partial charge in [-0.15, -0.1) is 0 Å². The van der Waals surface area contributed by atoms with Crippen LogP contribution in [0.2, 0.25) is 10.0 Å². The summed E-state index contributed by atoms with van der Waals surface area (Å²) in [5, 5.41) is 12.1. The molecule has 0 saturated carbocycles. The minimum absolute atomic E-state index is 0.130. The van der Waals surface area contributed by atoms with Crippen molar-refractivity contribution in [2.75, 3.05) is 5.32 Å². The number of amides is 1. The Morgan fingerprint density at radius 1 is 1.05 bits per heavy atom. The predicted octanol–water partition coefficient (Wildman–Crippen LogP) is 4.25. The minimum atomic E-state index is -1.05.